The van der Waals surface area contributed by atoms with E-state index in [2.05, 4.69) is 23.5 Å². The Morgan fingerprint density at radius 2 is 1.97 bits per heavy atom. The van der Waals surface area contributed by atoms with Crippen molar-refractivity contribution >= 4 is 11.8 Å². The number of hydrogen-bond donors (Lipinski definition) is 1. The maximum atomic E-state index is 12.7. The third-order valence-corrected chi connectivity index (χ3v) is 5.63. The van der Waals surface area contributed by atoms with Crippen LogP contribution in [-0.2, 0) is 27.3 Å². The monoisotopic (exact) mass is 449 g/mol. The normalized spacial score (nSPS) is 19.2. The highest BCUT2D eigenvalue weighted by atomic mass is 16.7. The molecule has 0 radical (unpaired) electrons. The van der Waals surface area contributed by atoms with Crippen molar-refractivity contribution in [1.29, 1.82) is 5.26 Å². The standard InChI is InChI=1S/C26H31N3O4/c1-25(2,3)33-24(30)29-14-19-10-20(28-13-21-16-31-26(4,5)32-21)11-22(23(19)15-29)18-8-6-17(12-27)7-9-18/h6-11,21,28H,13-16H2,1-5H3. The average molecular weight is 450 g/mol. The van der Waals surface area contributed by atoms with Crippen LogP contribution in [0.5, 0.6) is 0 Å². The first-order chi connectivity index (χ1) is 15.5. The van der Waals surface area contributed by atoms with Crippen LogP contribution in [0.3, 0.4) is 0 Å². The molecule has 0 aliphatic carbocycles. The minimum atomic E-state index is -0.564. The van der Waals surface area contributed by atoms with Crippen LogP contribution in [0.4, 0.5) is 10.5 Å². The molecule has 0 spiro atoms. The summed E-state index contributed by atoms with van der Waals surface area (Å²) in [6.45, 7) is 11.6. The number of nitrogens with one attached hydrogen (secondary N) is 1. The number of carbonyl (C=O) groups is 1. The van der Waals surface area contributed by atoms with Gasteiger partial charge in [-0.15, -0.1) is 0 Å². The molecule has 1 unspecified atom stereocenters. The molecule has 1 fully saturated rings. The number of amides is 1. The highest BCUT2D eigenvalue weighted by molar-refractivity contribution is 5.77. The van der Waals surface area contributed by atoms with Gasteiger partial charge in [0.2, 0.25) is 0 Å². The van der Waals surface area contributed by atoms with Gasteiger partial charge >= 0.3 is 6.09 Å². The van der Waals surface area contributed by atoms with E-state index in [-0.39, 0.29) is 12.2 Å². The van der Waals surface area contributed by atoms with E-state index in [1.807, 2.05) is 58.9 Å². The number of benzene rings is 2. The van der Waals surface area contributed by atoms with Crippen molar-refractivity contribution in [2.75, 3.05) is 18.5 Å². The molecule has 7 heteroatoms. The highest BCUT2D eigenvalue weighted by Gasteiger charge is 2.33. The van der Waals surface area contributed by atoms with Crippen molar-refractivity contribution in [3.63, 3.8) is 0 Å². The van der Waals surface area contributed by atoms with Crippen molar-refractivity contribution in [3.05, 3.63) is 53.1 Å². The zero-order chi connectivity index (χ0) is 23.8. The molecule has 0 saturated carbocycles. The van der Waals surface area contributed by atoms with Gasteiger partial charge in [-0.25, -0.2) is 4.79 Å². The Kier molecular flexibility index (Phi) is 6.08. The van der Waals surface area contributed by atoms with Crippen molar-refractivity contribution in [1.82, 2.24) is 4.90 Å². The fraction of sp³-hybridized carbons (Fsp3) is 0.462. The molecule has 33 heavy (non-hydrogen) atoms. The SMILES string of the molecule is CC(C)(C)OC(=O)N1Cc2cc(NCC3COC(C)(C)O3)cc(-c3ccc(C#N)cc3)c2C1. The van der Waals surface area contributed by atoms with Crippen molar-refractivity contribution < 1.29 is 19.0 Å². The summed E-state index contributed by atoms with van der Waals surface area (Å²) in [5.74, 6) is -0.564. The second-order valence-corrected chi connectivity index (χ2v) is 10.0. The van der Waals surface area contributed by atoms with Gasteiger partial charge in [0.05, 0.1) is 24.8 Å². The highest BCUT2D eigenvalue weighted by Crippen LogP contribution is 2.36. The first-order valence-electron chi connectivity index (χ1n) is 11.2. The molecule has 2 aliphatic heterocycles. The van der Waals surface area contributed by atoms with E-state index in [1.54, 1.807) is 4.90 Å². The number of nitrogens with zero attached hydrogens (tertiary/aromatic N) is 2. The Balaban J connectivity index is 1.60. The Hall–Kier alpha value is -3.08. The predicted molar refractivity (Wildman–Crippen MR) is 125 cm³/mol. The van der Waals surface area contributed by atoms with Gasteiger partial charge in [0.25, 0.3) is 0 Å². The van der Waals surface area contributed by atoms with Crippen molar-refractivity contribution in [2.24, 2.45) is 0 Å². The van der Waals surface area contributed by atoms with Gasteiger partial charge in [0.15, 0.2) is 5.79 Å². The summed E-state index contributed by atoms with van der Waals surface area (Å²) in [5.41, 5.74) is 5.22. The molecule has 1 atom stereocenters. The van der Waals surface area contributed by atoms with E-state index in [1.165, 1.54) is 0 Å². The second-order valence-electron chi connectivity index (χ2n) is 10.0. The minimum absolute atomic E-state index is 0.0371. The Bertz CT molecular complexity index is 1080. The molecular weight excluding hydrogens is 418 g/mol. The van der Waals surface area contributed by atoms with Crippen molar-refractivity contribution in [2.45, 2.75) is 65.2 Å². The lowest BCUT2D eigenvalue weighted by molar-refractivity contribution is -0.136. The van der Waals surface area contributed by atoms with Gasteiger partial charge in [0, 0.05) is 18.8 Å². The van der Waals surface area contributed by atoms with E-state index in [4.69, 9.17) is 19.5 Å². The van der Waals surface area contributed by atoms with Crippen LogP contribution in [0.2, 0.25) is 0 Å². The lowest BCUT2D eigenvalue weighted by Gasteiger charge is -2.24. The van der Waals surface area contributed by atoms with E-state index in [0.29, 0.717) is 31.8 Å². The topological polar surface area (TPSA) is 83.8 Å². The number of anilines is 1. The molecule has 1 saturated heterocycles. The summed E-state index contributed by atoms with van der Waals surface area (Å²) in [6, 6.07) is 13.9. The number of nitriles is 1. The first-order valence-corrected chi connectivity index (χ1v) is 11.2. The first kappa shape index (κ1) is 23.1. The molecule has 2 aromatic carbocycles. The molecule has 2 aliphatic rings. The predicted octanol–water partition coefficient (Wildman–Crippen LogP) is 5.04. The van der Waals surface area contributed by atoms with E-state index < -0.39 is 11.4 Å². The van der Waals surface area contributed by atoms with Crippen LogP contribution in [0.15, 0.2) is 36.4 Å². The Morgan fingerprint density at radius 1 is 1.24 bits per heavy atom. The van der Waals surface area contributed by atoms with Crippen LogP contribution in [0.1, 0.15) is 51.3 Å². The summed E-state index contributed by atoms with van der Waals surface area (Å²) < 4.78 is 17.2. The molecule has 0 aromatic heterocycles. The molecule has 1 amide bonds. The molecule has 174 valence electrons. The maximum absolute atomic E-state index is 12.7. The molecule has 4 rings (SSSR count). The van der Waals surface area contributed by atoms with Gasteiger partial charge in [-0.2, -0.15) is 5.26 Å². The fourth-order valence-electron chi connectivity index (χ4n) is 4.15. The maximum Gasteiger partial charge on any atom is 0.410 e. The molecule has 7 nitrogen and oxygen atoms in total. The zero-order valence-electron chi connectivity index (χ0n) is 19.9. The van der Waals surface area contributed by atoms with E-state index in [0.717, 1.165) is 27.9 Å². The number of rotatable bonds is 4. The van der Waals surface area contributed by atoms with Gasteiger partial charge in [-0.05, 0) is 81.1 Å². The van der Waals surface area contributed by atoms with E-state index in [9.17, 15) is 4.79 Å². The molecule has 2 heterocycles. The molecule has 0 bridgehead atoms. The van der Waals surface area contributed by atoms with Crippen LogP contribution < -0.4 is 5.32 Å². The number of ether oxygens (including phenoxy) is 3. The Morgan fingerprint density at radius 3 is 2.58 bits per heavy atom. The van der Waals surface area contributed by atoms with Crippen molar-refractivity contribution in [3.8, 4) is 17.2 Å². The smallest absolute Gasteiger partial charge is 0.410 e. The lowest BCUT2D eigenvalue weighted by Crippen LogP contribution is -2.33. The summed E-state index contributed by atoms with van der Waals surface area (Å²) in [7, 11) is 0. The fourth-order valence-corrected chi connectivity index (χ4v) is 4.15. The van der Waals surface area contributed by atoms with Crippen LogP contribution >= 0.6 is 0 Å². The largest absolute Gasteiger partial charge is 0.444 e. The third-order valence-electron chi connectivity index (χ3n) is 5.63. The Labute approximate surface area is 195 Å². The molecule has 2 aromatic rings. The van der Waals surface area contributed by atoms with Gasteiger partial charge in [-0.1, -0.05) is 12.1 Å². The minimum Gasteiger partial charge on any atom is -0.444 e. The number of carbonyl (C=O) groups excluding carboxylic acids is 1. The summed E-state index contributed by atoms with van der Waals surface area (Å²) in [4.78, 5) is 14.5. The average Bonchev–Trinajstić information content (AvgIpc) is 3.33. The zero-order valence-corrected chi connectivity index (χ0v) is 19.9. The lowest BCUT2D eigenvalue weighted by atomic mass is 9.95. The summed E-state index contributed by atoms with van der Waals surface area (Å²) in [5, 5.41) is 12.6. The quantitative estimate of drug-likeness (QED) is 0.704. The van der Waals surface area contributed by atoms with Gasteiger partial charge in [0.1, 0.15) is 11.7 Å². The second kappa shape index (κ2) is 8.69. The van der Waals surface area contributed by atoms with Gasteiger partial charge < -0.3 is 19.5 Å². The third kappa shape index (κ3) is 5.47. The molecular formula is C26H31N3O4. The van der Waals surface area contributed by atoms with Crippen LogP contribution in [0, 0.1) is 11.3 Å². The summed E-state index contributed by atoms with van der Waals surface area (Å²) in [6.07, 6.45) is -0.359. The number of hydrogen-bond acceptors (Lipinski definition) is 6. The summed E-state index contributed by atoms with van der Waals surface area (Å²) >= 11 is 0. The van der Waals surface area contributed by atoms with Gasteiger partial charge in [-0.3, -0.25) is 4.90 Å². The molecule has 1 N–H and O–H groups in total. The number of fused-ring (bicyclic) bond motifs is 1. The van der Waals surface area contributed by atoms with E-state index >= 15 is 0 Å². The van der Waals surface area contributed by atoms with Crippen LogP contribution in [0.25, 0.3) is 11.1 Å². The van der Waals surface area contributed by atoms with Crippen LogP contribution in [-0.4, -0.2) is 41.6 Å².